The molecule has 1 unspecified atom stereocenters. The molecule has 0 bridgehead atoms. The lowest BCUT2D eigenvalue weighted by Gasteiger charge is -2.27. The number of aromatic nitrogens is 1. The van der Waals surface area contributed by atoms with Gasteiger partial charge >= 0.3 is 0 Å². The Morgan fingerprint density at radius 1 is 1.45 bits per heavy atom. The van der Waals surface area contributed by atoms with Crippen LogP contribution in [0.4, 0.5) is 0 Å². The van der Waals surface area contributed by atoms with Crippen LogP contribution in [0.5, 0.6) is 0 Å². The van der Waals surface area contributed by atoms with Crippen LogP contribution >= 0.6 is 0 Å². The Kier molecular flexibility index (Phi) is 5.61. The molecule has 2 heterocycles. The monoisotopic (exact) mass is 279 g/mol. The van der Waals surface area contributed by atoms with E-state index in [1.165, 1.54) is 5.56 Å². The molecule has 1 N–H and O–H groups in total. The zero-order valence-corrected chi connectivity index (χ0v) is 12.5. The Morgan fingerprint density at radius 3 is 2.85 bits per heavy atom. The van der Waals surface area contributed by atoms with Gasteiger partial charge in [-0.25, -0.2) is 0 Å². The van der Waals surface area contributed by atoms with Gasteiger partial charge in [-0.1, -0.05) is 13.3 Å². The number of nitrogens with one attached hydrogen (secondary N) is 1. The molecule has 0 spiro atoms. The largest absolute Gasteiger partial charge is 0.378 e. The maximum Gasteiger partial charge on any atom is 0.242 e. The molecule has 1 aromatic rings. The van der Waals surface area contributed by atoms with Gasteiger partial charge in [-0.15, -0.1) is 0 Å². The number of hydrogen-bond acceptors (Lipinski definition) is 3. The number of rotatable bonds is 6. The maximum absolute atomic E-state index is 12.2. The first-order chi connectivity index (χ1) is 9.74. The van der Waals surface area contributed by atoms with Crippen molar-refractivity contribution in [3.8, 4) is 0 Å². The van der Waals surface area contributed by atoms with E-state index in [1.54, 1.807) is 0 Å². The van der Waals surface area contributed by atoms with Crippen LogP contribution in [-0.2, 0) is 16.1 Å². The van der Waals surface area contributed by atoms with Crippen LogP contribution in [0, 0.1) is 0 Å². The average molecular weight is 279 g/mol. The fourth-order valence-corrected chi connectivity index (χ4v) is 2.60. The van der Waals surface area contributed by atoms with Gasteiger partial charge in [0, 0.05) is 31.5 Å². The molecular formula is C15H25N3O2. The lowest BCUT2D eigenvalue weighted by atomic mass is 10.1. The van der Waals surface area contributed by atoms with Crippen LogP contribution < -0.4 is 5.32 Å². The van der Waals surface area contributed by atoms with Crippen LogP contribution in [0.3, 0.4) is 0 Å². The van der Waals surface area contributed by atoms with Crippen molar-refractivity contribution in [1.29, 1.82) is 0 Å². The number of carbonyl (C=O) groups excluding carboxylic acids is 1. The minimum Gasteiger partial charge on any atom is -0.378 e. The van der Waals surface area contributed by atoms with Gasteiger partial charge in [0.25, 0.3) is 0 Å². The zero-order valence-electron chi connectivity index (χ0n) is 12.5. The summed E-state index contributed by atoms with van der Waals surface area (Å²) in [5.74, 6) is 0.173. The van der Waals surface area contributed by atoms with E-state index < -0.39 is 0 Å². The highest BCUT2D eigenvalue weighted by atomic mass is 16.5. The molecule has 112 valence electrons. The summed E-state index contributed by atoms with van der Waals surface area (Å²) in [6.07, 6.45) is 6.32. The first-order valence-electron chi connectivity index (χ1n) is 7.43. The van der Waals surface area contributed by atoms with Crippen LogP contribution in [0.25, 0.3) is 0 Å². The third kappa shape index (κ3) is 3.84. The summed E-state index contributed by atoms with van der Waals surface area (Å²) in [6, 6.07) is 2.48. The molecular weight excluding hydrogens is 254 g/mol. The number of morpholine rings is 1. The molecule has 5 nitrogen and oxygen atoms in total. The highest BCUT2D eigenvalue weighted by Gasteiger charge is 2.17. The first kappa shape index (κ1) is 15.1. The summed E-state index contributed by atoms with van der Waals surface area (Å²) in [4.78, 5) is 14.1. The molecule has 1 fully saturated rings. The van der Waals surface area contributed by atoms with E-state index in [1.807, 2.05) is 22.7 Å². The number of nitrogens with zero attached hydrogens (tertiary/aromatic N) is 2. The number of amides is 1. The molecule has 1 aliphatic rings. The lowest BCUT2D eigenvalue weighted by molar-refractivity contribution is -0.135. The zero-order chi connectivity index (χ0) is 14.4. The quantitative estimate of drug-likeness (QED) is 0.856. The van der Waals surface area contributed by atoms with E-state index in [-0.39, 0.29) is 5.91 Å². The Morgan fingerprint density at radius 2 is 2.20 bits per heavy atom. The molecule has 20 heavy (non-hydrogen) atoms. The van der Waals surface area contributed by atoms with Gasteiger partial charge in [-0.05, 0) is 25.1 Å². The smallest absolute Gasteiger partial charge is 0.242 e. The Balaban J connectivity index is 1.93. The molecule has 1 aromatic heterocycles. The number of hydrogen-bond donors (Lipinski definition) is 1. The number of ether oxygens (including phenoxy) is 1. The van der Waals surface area contributed by atoms with E-state index in [0.717, 1.165) is 12.8 Å². The highest BCUT2D eigenvalue weighted by Crippen LogP contribution is 2.18. The van der Waals surface area contributed by atoms with Gasteiger partial charge in [0.2, 0.25) is 5.91 Å². The molecule has 0 aliphatic carbocycles. The molecule has 2 rings (SSSR count). The Bertz CT molecular complexity index is 425. The van der Waals surface area contributed by atoms with Crippen molar-refractivity contribution in [1.82, 2.24) is 14.8 Å². The molecule has 5 heteroatoms. The Labute approximate surface area is 120 Å². The van der Waals surface area contributed by atoms with Crippen molar-refractivity contribution < 1.29 is 9.53 Å². The van der Waals surface area contributed by atoms with Gasteiger partial charge in [-0.3, -0.25) is 4.79 Å². The predicted octanol–water partition coefficient (Wildman–Crippen LogP) is 1.41. The molecule has 0 aromatic carbocycles. The summed E-state index contributed by atoms with van der Waals surface area (Å²) in [5, 5.41) is 3.32. The molecule has 1 saturated heterocycles. The second-order valence-corrected chi connectivity index (χ2v) is 5.24. The Hall–Kier alpha value is -1.33. The summed E-state index contributed by atoms with van der Waals surface area (Å²) in [5.41, 5.74) is 1.25. The fourth-order valence-electron chi connectivity index (χ4n) is 2.60. The fraction of sp³-hybridized carbons (Fsp3) is 0.667. The standard InChI is InChI=1S/C15H25N3O2/c1-3-4-14(16-2)13-5-6-17(11-13)12-15(19)18-7-9-20-10-8-18/h5-6,11,14,16H,3-4,7-10,12H2,1-2H3. The maximum atomic E-state index is 12.2. The summed E-state index contributed by atoms with van der Waals surface area (Å²) >= 11 is 0. The second kappa shape index (κ2) is 7.45. The molecule has 1 aliphatic heterocycles. The van der Waals surface area contributed by atoms with Crippen molar-refractivity contribution in [3.63, 3.8) is 0 Å². The third-order valence-electron chi connectivity index (χ3n) is 3.78. The van der Waals surface area contributed by atoms with E-state index in [9.17, 15) is 4.79 Å². The summed E-state index contributed by atoms with van der Waals surface area (Å²) < 4.78 is 7.25. The highest BCUT2D eigenvalue weighted by molar-refractivity contribution is 5.76. The van der Waals surface area contributed by atoms with Crippen LogP contribution in [0.1, 0.15) is 31.4 Å². The second-order valence-electron chi connectivity index (χ2n) is 5.24. The minimum absolute atomic E-state index is 0.173. The average Bonchev–Trinajstić information content (AvgIpc) is 2.94. The van der Waals surface area contributed by atoms with Crippen molar-refractivity contribution >= 4 is 5.91 Å². The summed E-state index contributed by atoms with van der Waals surface area (Å²) in [6.45, 7) is 5.33. The van der Waals surface area contributed by atoms with Crippen LogP contribution in [0.15, 0.2) is 18.5 Å². The molecule has 0 radical (unpaired) electrons. The molecule has 0 saturated carbocycles. The van der Waals surface area contributed by atoms with Crippen molar-refractivity contribution in [3.05, 3.63) is 24.0 Å². The van der Waals surface area contributed by atoms with E-state index in [2.05, 4.69) is 24.5 Å². The van der Waals surface area contributed by atoms with Gasteiger partial charge in [-0.2, -0.15) is 0 Å². The van der Waals surface area contributed by atoms with Crippen molar-refractivity contribution in [2.75, 3.05) is 33.4 Å². The molecule has 1 atom stereocenters. The lowest BCUT2D eigenvalue weighted by Crippen LogP contribution is -2.42. The van der Waals surface area contributed by atoms with Crippen molar-refractivity contribution in [2.24, 2.45) is 0 Å². The SMILES string of the molecule is CCCC(NC)c1ccn(CC(=O)N2CCOCC2)c1. The normalized spacial score (nSPS) is 17.2. The summed E-state index contributed by atoms with van der Waals surface area (Å²) in [7, 11) is 1.98. The predicted molar refractivity (Wildman–Crippen MR) is 78.5 cm³/mol. The van der Waals surface area contributed by atoms with Crippen LogP contribution in [0.2, 0.25) is 0 Å². The van der Waals surface area contributed by atoms with E-state index >= 15 is 0 Å². The van der Waals surface area contributed by atoms with Gasteiger partial charge in [0.1, 0.15) is 6.54 Å². The molecule has 1 amide bonds. The van der Waals surface area contributed by atoms with Gasteiger partial charge < -0.3 is 19.5 Å². The van der Waals surface area contributed by atoms with Crippen LogP contribution in [-0.4, -0.2) is 48.7 Å². The third-order valence-corrected chi connectivity index (χ3v) is 3.78. The topological polar surface area (TPSA) is 46.5 Å². The van der Waals surface area contributed by atoms with Crippen molar-refractivity contribution in [2.45, 2.75) is 32.4 Å². The first-order valence-corrected chi connectivity index (χ1v) is 7.43. The van der Waals surface area contributed by atoms with Gasteiger partial charge in [0.15, 0.2) is 0 Å². The number of carbonyl (C=O) groups is 1. The van der Waals surface area contributed by atoms with E-state index in [0.29, 0.717) is 38.9 Å². The van der Waals surface area contributed by atoms with Gasteiger partial charge in [0.05, 0.1) is 13.2 Å². The minimum atomic E-state index is 0.173. The van der Waals surface area contributed by atoms with E-state index in [4.69, 9.17) is 4.74 Å².